The molecule has 3 heterocycles. The van der Waals surface area contributed by atoms with Crippen molar-refractivity contribution in [3.63, 3.8) is 0 Å². The number of amides is 1. The molecule has 7 nitrogen and oxygen atoms in total. The first-order valence-electron chi connectivity index (χ1n) is 7.26. The van der Waals surface area contributed by atoms with E-state index >= 15 is 0 Å². The minimum absolute atomic E-state index is 0.181. The second kappa shape index (κ2) is 6.04. The van der Waals surface area contributed by atoms with Gasteiger partial charge in [0.2, 0.25) is 0 Å². The van der Waals surface area contributed by atoms with E-state index in [2.05, 4.69) is 20.4 Å². The molecule has 0 bridgehead atoms. The number of rotatable bonds is 4. The van der Waals surface area contributed by atoms with Crippen LogP contribution >= 0.6 is 0 Å². The zero-order chi connectivity index (χ0) is 16.4. The predicted octanol–water partition coefficient (Wildman–Crippen LogP) is 1.43. The summed E-state index contributed by atoms with van der Waals surface area (Å²) in [5, 5.41) is 7.23. The second-order valence-corrected chi connectivity index (χ2v) is 5.45. The highest BCUT2D eigenvalue weighted by molar-refractivity contribution is 6.00. The van der Waals surface area contributed by atoms with Crippen LogP contribution in [0.15, 0.2) is 36.8 Å². The van der Waals surface area contributed by atoms with Gasteiger partial charge < -0.3 is 10.2 Å². The van der Waals surface area contributed by atoms with E-state index < -0.39 is 0 Å². The van der Waals surface area contributed by atoms with E-state index in [-0.39, 0.29) is 5.91 Å². The van der Waals surface area contributed by atoms with Crippen LogP contribution in [0.2, 0.25) is 0 Å². The molecule has 0 fully saturated rings. The molecule has 0 aliphatic carbocycles. The van der Waals surface area contributed by atoms with Gasteiger partial charge >= 0.3 is 0 Å². The highest BCUT2D eigenvalue weighted by Gasteiger charge is 2.17. The van der Waals surface area contributed by atoms with E-state index in [1.807, 2.05) is 31.1 Å². The Hall–Kier alpha value is -2.96. The Morgan fingerprint density at radius 1 is 1.30 bits per heavy atom. The van der Waals surface area contributed by atoms with Crippen molar-refractivity contribution in [1.29, 1.82) is 0 Å². The third kappa shape index (κ3) is 2.98. The van der Waals surface area contributed by atoms with Crippen molar-refractivity contribution in [2.24, 2.45) is 0 Å². The molecule has 3 aromatic heterocycles. The Kier molecular flexibility index (Phi) is 3.92. The Morgan fingerprint density at radius 2 is 2.13 bits per heavy atom. The molecule has 0 radical (unpaired) electrons. The molecule has 0 aliphatic rings. The van der Waals surface area contributed by atoms with Gasteiger partial charge in [0.05, 0.1) is 5.69 Å². The van der Waals surface area contributed by atoms with Crippen LogP contribution in [0.4, 0.5) is 5.82 Å². The Bertz CT molecular complexity index is 855. The smallest absolute Gasteiger partial charge is 0.257 e. The molecule has 0 aromatic carbocycles. The van der Waals surface area contributed by atoms with Gasteiger partial charge in [-0.25, -0.2) is 14.5 Å². The number of aryl methyl sites for hydroxylation is 1. The van der Waals surface area contributed by atoms with Crippen molar-refractivity contribution >= 4 is 17.4 Å². The minimum atomic E-state index is -0.181. The summed E-state index contributed by atoms with van der Waals surface area (Å²) in [6.45, 7) is 2.23. The summed E-state index contributed by atoms with van der Waals surface area (Å²) in [4.78, 5) is 22.9. The van der Waals surface area contributed by atoms with Crippen molar-refractivity contribution in [3.8, 4) is 0 Å². The fourth-order valence-corrected chi connectivity index (χ4v) is 2.35. The van der Waals surface area contributed by atoms with Crippen LogP contribution < -0.4 is 10.2 Å². The summed E-state index contributed by atoms with van der Waals surface area (Å²) < 4.78 is 1.61. The molecule has 0 saturated carbocycles. The van der Waals surface area contributed by atoms with Crippen molar-refractivity contribution in [2.45, 2.75) is 13.5 Å². The number of aromatic nitrogens is 4. The predicted molar refractivity (Wildman–Crippen MR) is 87.5 cm³/mol. The summed E-state index contributed by atoms with van der Waals surface area (Å²) in [5.74, 6) is 0.671. The number of nitrogens with zero attached hydrogens (tertiary/aromatic N) is 5. The summed E-state index contributed by atoms with van der Waals surface area (Å²) in [5.41, 5.74) is 2.71. The number of pyridine rings is 1. The third-order valence-electron chi connectivity index (χ3n) is 3.52. The summed E-state index contributed by atoms with van der Waals surface area (Å²) in [7, 11) is 3.86. The lowest BCUT2D eigenvalue weighted by atomic mass is 10.2. The summed E-state index contributed by atoms with van der Waals surface area (Å²) >= 11 is 0. The minimum Gasteiger partial charge on any atom is -0.363 e. The molecule has 3 rings (SSSR count). The number of hydrogen-bond acceptors (Lipinski definition) is 5. The summed E-state index contributed by atoms with van der Waals surface area (Å²) in [6.07, 6.45) is 5.16. The largest absolute Gasteiger partial charge is 0.363 e. The zero-order valence-corrected chi connectivity index (χ0v) is 13.3. The maximum atomic E-state index is 12.5. The molecule has 0 unspecified atom stereocenters. The number of carbonyl (C=O) groups is 1. The highest BCUT2D eigenvalue weighted by Crippen LogP contribution is 2.13. The number of hydrogen-bond donors (Lipinski definition) is 1. The molecule has 0 saturated heterocycles. The average molecular weight is 310 g/mol. The lowest BCUT2D eigenvalue weighted by Gasteiger charge is -2.12. The van der Waals surface area contributed by atoms with Crippen LogP contribution in [0.3, 0.4) is 0 Å². The van der Waals surface area contributed by atoms with Crippen molar-refractivity contribution < 1.29 is 4.79 Å². The lowest BCUT2D eigenvalue weighted by Crippen LogP contribution is -2.23. The molecule has 3 aromatic rings. The van der Waals surface area contributed by atoms with Crippen LogP contribution in [0.1, 0.15) is 21.6 Å². The molecule has 0 spiro atoms. The number of fused-ring (bicyclic) bond motifs is 1. The topological polar surface area (TPSA) is 75.4 Å². The number of nitrogens with one attached hydrogen (secondary N) is 1. The Morgan fingerprint density at radius 3 is 2.91 bits per heavy atom. The molecule has 1 amide bonds. The van der Waals surface area contributed by atoms with Crippen molar-refractivity contribution in [3.05, 3.63) is 53.6 Å². The maximum absolute atomic E-state index is 12.5. The van der Waals surface area contributed by atoms with Gasteiger partial charge in [0.1, 0.15) is 11.4 Å². The number of carbonyl (C=O) groups excluding carboxylic acids is 1. The highest BCUT2D eigenvalue weighted by atomic mass is 16.1. The zero-order valence-electron chi connectivity index (χ0n) is 13.3. The van der Waals surface area contributed by atoms with Crippen LogP contribution in [0.5, 0.6) is 0 Å². The molecule has 7 heteroatoms. The average Bonchev–Trinajstić information content (AvgIpc) is 2.88. The molecular formula is C16H18N6O. The molecule has 0 aliphatic heterocycles. The van der Waals surface area contributed by atoms with Gasteiger partial charge in [-0.2, -0.15) is 5.10 Å². The summed E-state index contributed by atoms with van der Waals surface area (Å²) in [6, 6.07) is 5.61. The first-order chi connectivity index (χ1) is 11.1. The first kappa shape index (κ1) is 15.0. The molecule has 118 valence electrons. The van der Waals surface area contributed by atoms with Gasteiger partial charge in [0.15, 0.2) is 5.65 Å². The van der Waals surface area contributed by atoms with Gasteiger partial charge in [-0.15, -0.1) is 0 Å². The van der Waals surface area contributed by atoms with Crippen LogP contribution in [-0.4, -0.2) is 39.6 Å². The van der Waals surface area contributed by atoms with Crippen LogP contribution in [0.25, 0.3) is 5.65 Å². The van der Waals surface area contributed by atoms with E-state index in [0.29, 0.717) is 23.4 Å². The maximum Gasteiger partial charge on any atom is 0.257 e. The van der Waals surface area contributed by atoms with Gasteiger partial charge in [0, 0.05) is 39.2 Å². The fraction of sp³-hybridized carbons (Fsp3) is 0.250. The van der Waals surface area contributed by atoms with E-state index in [1.54, 1.807) is 36.1 Å². The normalized spacial score (nSPS) is 10.7. The fourth-order valence-electron chi connectivity index (χ4n) is 2.35. The van der Waals surface area contributed by atoms with Crippen molar-refractivity contribution in [1.82, 2.24) is 24.9 Å². The first-order valence-corrected chi connectivity index (χ1v) is 7.26. The van der Waals surface area contributed by atoms with Crippen LogP contribution in [-0.2, 0) is 6.54 Å². The van der Waals surface area contributed by atoms with Gasteiger partial charge in [-0.1, -0.05) is 0 Å². The second-order valence-electron chi connectivity index (χ2n) is 5.45. The van der Waals surface area contributed by atoms with Gasteiger partial charge in [0.25, 0.3) is 5.91 Å². The monoisotopic (exact) mass is 310 g/mol. The van der Waals surface area contributed by atoms with E-state index in [9.17, 15) is 4.79 Å². The van der Waals surface area contributed by atoms with E-state index in [1.165, 1.54) is 0 Å². The quantitative estimate of drug-likeness (QED) is 0.789. The molecule has 23 heavy (non-hydrogen) atoms. The third-order valence-corrected chi connectivity index (χ3v) is 3.52. The molecule has 0 atom stereocenters. The van der Waals surface area contributed by atoms with Gasteiger partial charge in [-0.05, 0) is 30.7 Å². The SMILES string of the molecule is Cc1nn2cccnc2c1C(=O)NCc1ccnc(N(C)C)c1. The van der Waals surface area contributed by atoms with Crippen LogP contribution in [0, 0.1) is 6.92 Å². The molecule has 1 N–H and O–H groups in total. The van der Waals surface area contributed by atoms with Gasteiger partial charge in [-0.3, -0.25) is 4.79 Å². The van der Waals surface area contributed by atoms with E-state index in [4.69, 9.17) is 0 Å². The lowest BCUT2D eigenvalue weighted by molar-refractivity contribution is 0.0951. The standard InChI is InChI=1S/C16H18N6O/c1-11-14(15-18-6-4-8-22(15)20-11)16(23)19-10-12-5-7-17-13(9-12)21(2)3/h4-9H,10H2,1-3H3,(H,19,23). The Labute approximate surface area is 134 Å². The Balaban J connectivity index is 1.79. The van der Waals surface area contributed by atoms with E-state index in [0.717, 1.165) is 11.4 Å². The van der Waals surface area contributed by atoms with Crippen molar-refractivity contribution in [2.75, 3.05) is 19.0 Å². The molecular weight excluding hydrogens is 292 g/mol. The number of anilines is 1.